The Bertz CT molecular complexity index is 1360. The van der Waals surface area contributed by atoms with Crippen molar-refractivity contribution >= 4 is 22.8 Å². The van der Waals surface area contributed by atoms with E-state index in [9.17, 15) is 29.0 Å². The van der Waals surface area contributed by atoms with Gasteiger partial charge in [0.25, 0.3) is 11.5 Å². The van der Waals surface area contributed by atoms with Crippen molar-refractivity contribution < 1.29 is 24.2 Å². The first-order chi connectivity index (χ1) is 17.1. The summed E-state index contributed by atoms with van der Waals surface area (Å²) in [6.45, 7) is -0.652. The van der Waals surface area contributed by atoms with Crippen molar-refractivity contribution in [2.45, 2.75) is 44.2 Å². The molecule has 0 spiro atoms. The molecule has 3 N–H and O–H groups in total. The number of carbonyl (C=O) groups excluding carboxylic acids is 2. The number of nitrogens with one attached hydrogen (secondary N) is 1. The number of pyridine rings is 2. The van der Waals surface area contributed by atoms with Crippen LogP contribution in [0.5, 0.6) is 5.75 Å². The van der Waals surface area contributed by atoms with Crippen molar-refractivity contribution in [1.82, 2.24) is 19.8 Å². The molecular formula is C26H29FN4O5. The van der Waals surface area contributed by atoms with Crippen molar-refractivity contribution in [2.75, 3.05) is 20.7 Å². The highest BCUT2D eigenvalue weighted by Gasteiger charge is 2.36. The zero-order valence-corrected chi connectivity index (χ0v) is 20.3. The number of carbonyl (C=O) groups is 2. The highest BCUT2D eigenvalue weighted by molar-refractivity contribution is 6.02. The van der Waals surface area contributed by atoms with Gasteiger partial charge in [0, 0.05) is 20.3 Å². The molecule has 36 heavy (non-hydrogen) atoms. The Labute approximate surface area is 207 Å². The van der Waals surface area contributed by atoms with Crippen molar-refractivity contribution in [2.24, 2.45) is 0 Å². The summed E-state index contributed by atoms with van der Waals surface area (Å²) in [4.78, 5) is 44.9. The van der Waals surface area contributed by atoms with Crippen LogP contribution in [0.3, 0.4) is 0 Å². The molecule has 2 amide bonds. The number of rotatable bonds is 7. The van der Waals surface area contributed by atoms with Crippen LogP contribution in [0.25, 0.3) is 11.0 Å². The highest BCUT2D eigenvalue weighted by atomic mass is 19.1. The standard InChI is InChI=1S/C26H29FN4O5/c1-30(2)20(33)14-31-19-12-17(11-16-5-7-18(27)8-6-16)13-28-22(19)23(34)21(25(31)36)24(35)29-26(15-32)9-3-4-10-26/h5-8,12-13,32,34H,3-4,9-11,14-15H2,1-2H3,(H,29,35). The first-order valence-corrected chi connectivity index (χ1v) is 11.8. The molecule has 1 saturated carbocycles. The van der Waals surface area contributed by atoms with Crippen LogP contribution in [0.1, 0.15) is 47.2 Å². The van der Waals surface area contributed by atoms with E-state index in [0.29, 0.717) is 24.8 Å². The molecular weight excluding hydrogens is 467 g/mol. The van der Waals surface area contributed by atoms with Crippen molar-refractivity contribution in [3.05, 3.63) is 69.4 Å². The lowest BCUT2D eigenvalue weighted by atomic mass is 9.98. The van der Waals surface area contributed by atoms with Gasteiger partial charge >= 0.3 is 0 Å². The van der Waals surface area contributed by atoms with Crippen molar-refractivity contribution in [3.8, 4) is 5.75 Å². The molecule has 1 fully saturated rings. The first kappa shape index (κ1) is 25.3. The molecule has 9 nitrogen and oxygen atoms in total. The Morgan fingerprint density at radius 1 is 1.17 bits per heavy atom. The zero-order chi connectivity index (χ0) is 26.0. The number of aromatic hydroxyl groups is 1. The fourth-order valence-electron chi connectivity index (χ4n) is 4.60. The van der Waals surface area contributed by atoms with Gasteiger partial charge in [0.2, 0.25) is 5.91 Å². The lowest BCUT2D eigenvalue weighted by Crippen LogP contribution is -2.50. The second-order valence-corrected chi connectivity index (χ2v) is 9.52. The molecule has 0 radical (unpaired) electrons. The summed E-state index contributed by atoms with van der Waals surface area (Å²) in [5, 5.41) is 23.6. The number of fused-ring (bicyclic) bond motifs is 1. The highest BCUT2D eigenvalue weighted by Crippen LogP contribution is 2.31. The fourth-order valence-corrected chi connectivity index (χ4v) is 4.60. The largest absolute Gasteiger partial charge is 0.505 e. The van der Waals surface area contributed by atoms with Crippen LogP contribution in [0.2, 0.25) is 0 Å². The number of hydrogen-bond acceptors (Lipinski definition) is 6. The Hall–Kier alpha value is -3.79. The lowest BCUT2D eigenvalue weighted by Gasteiger charge is -2.28. The van der Waals surface area contributed by atoms with Gasteiger partial charge in [-0.25, -0.2) is 4.39 Å². The Kier molecular flexibility index (Phi) is 7.07. The van der Waals surface area contributed by atoms with E-state index in [1.165, 1.54) is 23.2 Å². The van der Waals surface area contributed by atoms with Crippen molar-refractivity contribution in [1.29, 1.82) is 0 Å². The molecule has 0 atom stereocenters. The second kappa shape index (κ2) is 10.1. The average Bonchev–Trinajstić information content (AvgIpc) is 3.31. The molecule has 4 rings (SSSR count). The van der Waals surface area contributed by atoms with Crippen molar-refractivity contribution in [3.63, 3.8) is 0 Å². The quantitative estimate of drug-likeness (QED) is 0.459. The molecule has 1 aliphatic rings. The van der Waals surface area contributed by atoms with Gasteiger partial charge < -0.3 is 20.4 Å². The number of hydrogen-bond donors (Lipinski definition) is 3. The predicted octanol–water partition coefficient (Wildman–Crippen LogP) is 1.96. The predicted molar refractivity (Wildman–Crippen MR) is 131 cm³/mol. The van der Waals surface area contributed by atoms with Gasteiger partial charge in [0.1, 0.15) is 23.4 Å². The molecule has 190 valence electrons. The number of likely N-dealkylation sites (N-methyl/N-ethyl adjacent to an activating group) is 1. The minimum atomic E-state index is -0.859. The molecule has 1 aromatic carbocycles. The zero-order valence-electron chi connectivity index (χ0n) is 20.3. The molecule has 1 aliphatic carbocycles. The number of nitrogens with zero attached hydrogens (tertiary/aromatic N) is 3. The molecule has 2 aromatic heterocycles. The number of halogens is 1. The number of aromatic nitrogens is 2. The van der Waals surface area contributed by atoms with E-state index in [4.69, 9.17) is 0 Å². The van der Waals surface area contributed by atoms with E-state index in [1.54, 1.807) is 32.3 Å². The van der Waals surface area contributed by atoms with Crippen LogP contribution in [0.4, 0.5) is 4.39 Å². The lowest BCUT2D eigenvalue weighted by molar-refractivity contribution is -0.129. The van der Waals surface area contributed by atoms with Gasteiger partial charge in [-0.2, -0.15) is 0 Å². The fraction of sp³-hybridized carbons (Fsp3) is 0.385. The van der Waals surface area contributed by atoms with Crippen LogP contribution in [-0.4, -0.2) is 62.7 Å². The topological polar surface area (TPSA) is 125 Å². The molecule has 0 unspecified atom stereocenters. The van der Waals surface area contributed by atoms with Gasteiger partial charge in [-0.15, -0.1) is 0 Å². The first-order valence-electron chi connectivity index (χ1n) is 11.8. The average molecular weight is 497 g/mol. The van der Waals surface area contributed by atoms with Gasteiger partial charge in [-0.05, 0) is 48.6 Å². The van der Waals surface area contributed by atoms with Gasteiger partial charge in [0.05, 0.1) is 17.7 Å². The number of aliphatic hydroxyl groups is 1. The molecule has 0 saturated heterocycles. The summed E-state index contributed by atoms with van der Waals surface area (Å²) in [5.74, 6) is -2.15. The number of amides is 2. The summed E-state index contributed by atoms with van der Waals surface area (Å²) in [6, 6.07) is 7.58. The van der Waals surface area contributed by atoms with Crippen LogP contribution in [0, 0.1) is 5.82 Å². The maximum atomic E-state index is 13.5. The Morgan fingerprint density at radius 3 is 2.44 bits per heavy atom. The van der Waals surface area contributed by atoms with Gasteiger partial charge in [-0.3, -0.25) is 23.9 Å². The maximum Gasteiger partial charge on any atom is 0.268 e. The second-order valence-electron chi connectivity index (χ2n) is 9.52. The molecule has 3 aromatic rings. The number of aliphatic hydroxyl groups excluding tert-OH is 1. The molecule has 0 bridgehead atoms. The molecule has 0 aliphatic heterocycles. The summed E-state index contributed by atoms with van der Waals surface area (Å²) >= 11 is 0. The summed E-state index contributed by atoms with van der Waals surface area (Å²) in [6.07, 6.45) is 4.64. The van der Waals surface area contributed by atoms with E-state index in [-0.39, 0.29) is 35.9 Å². The normalized spacial score (nSPS) is 14.7. The van der Waals surface area contributed by atoms with E-state index in [2.05, 4.69) is 10.3 Å². The minimum absolute atomic E-state index is 0.00127. The summed E-state index contributed by atoms with van der Waals surface area (Å²) < 4.78 is 14.4. The Balaban J connectivity index is 1.82. The third-order valence-electron chi connectivity index (χ3n) is 6.72. The van der Waals surface area contributed by atoms with Crippen LogP contribution in [0.15, 0.2) is 41.3 Å². The van der Waals surface area contributed by atoms with Gasteiger partial charge in [-0.1, -0.05) is 25.0 Å². The monoisotopic (exact) mass is 496 g/mol. The summed E-state index contributed by atoms with van der Waals surface area (Å²) in [5.41, 5.74) is -0.544. The smallest absolute Gasteiger partial charge is 0.268 e. The van der Waals surface area contributed by atoms with Crippen LogP contribution >= 0.6 is 0 Å². The van der Waals surface area contributed by atoms with E-state index >= 15 is 0 Å². The third-order valence-corrected chi connectivity index (χ3v) is 6.72. The van der Waals surface area contributed by atoms with E-state index in [1.807, 2.05) is 0 Å². The molecule has 10 heteroatoms. The van der Waals surface area contributed by atoms with Gasteiger partial charge in [0.15, 0.2) is 5.75 Å². The van der Waals surface area contributed by atoms with Crippen LogP contribution in [-0.2, 0) is 17.8 Å². The minimum Gasteiger partial charge on any atom is -0.505 e. The third kappa shape index (κ3) is 4.94. The maximum absolute atomic E-state index is 13.5. The summed E-state index contributed by atoms with van der Waals surface area (Å²) in [7, 11) is 3.10. The van der Waals surface area contributed by atoms with E-state index in [0.717, 1.165) is 23.0 Å². The Morgan fingerprint density at radius 2 is 1.83 bits per heavy atom. The molecule has 2 heterocycles. The number of benzene rings is 1. The van der Waals surface area contributed by atoms with E-state index < -0.39 is 28.3 Å². The van der Waals surface area contributed by atoms with Crippen LogP contribution < -0.4 is 10.9 Å². The SMILES string of the molecule is CN(C)C(=O)Cn1c(=O)c(C(=O)NC2(CO)CCCC2)c(O)c2ncc(Cc3ccc(F)cc3)cc21.